The zero-order valence-corrected chi connectivity index (χ0v) is 8.02. The lowest BCUT2D eigenvalue weighted by molar-refractivity contribution is 0.390. The van der Waals surface area contributed by atoms with Crippen LogP contribution in [0, 0.1) is 0 Å². The molecular weight excluding hydrogens is 164 g/mol. The highest BCUT2D eigenvalue weighted by atomic mass is 15.2. The van der Waals surface area contributed by atoms with Gasteiger partial charge in [0.2, 0.25) is 0 Å². The van der Waals surface area contributed by atoms with Gasteiger partial charge in [-0.2, -0.15) is 5.10 Å². The molecule has 0 aromatic rings. The molecule has 0 fully saturated rings. The Labute approximate surface area is 77.0 Å². The van der Waals surface area contributed by atoms with Crippen LogP contribution in [0.1, 0.15) is 20.8 Å². The molecule has 2 heterocycles. The first kappa shape index (κ1) is 8.16. The number of nitrogens with zero attached hydrogens (tertiary/aromatic N) is 4. The first-order valence-electron chi connectivity index (χ1n) is 4.23. The summed E-state index contributed by atoms with van der Waals surface area (Å²) in [7, 11) is 0. The van der Waals surface area contributed by atoms with Gasteiger partial charge in [0.15, 0.2) is 0 Å². The first-order valence-corrected chi connectivity index (χ1v) is 4.23. The Morgan fingerprint density at radius 1 is 1.23 bits per heavy atom. The number of rotatable bonds is 0. The van der Waals surface area contributed by atoms with E-state index in [1.165, 1.54) is 0 Å². The lowest BCUT2D eigenvalue weighted by Gasteiger charge is -2.22. The van der Waals surface area contributed by atoms with E-state index in [2.05, 4.69) is 36.0 Å². The molecule has 0 unspecified atom stereocenters. The summed E-state index contributed by atoms with van der Waals surface area (Å²) in [6, 6.07) is 0. The van der Waals surface area contributed by atoms with Crippen LogP contribution in [-0.4, -0.2) is 19.7 Å². The minimum Gasteiger partial charge on any atom is -0.331 e. The SMILES string of the molecule is CC(C)(C)n1cnc2cnnc-2c1. The summed E-state index contributed by atoms with van der Waals surface area (Å²) >= 11 is 0. The van der Waals surface area contributed by atoms with Crippen molar-refractivity contribution in [2.45, 2.75) is 26.3 Å². The van der Waals surface area contributed by atoms with Gasteiger partial charge in [0.1, 0.15) is 11.4 Å². The van der Waals surface area contributed by atoms with Crippen LogP contribution in [0.5, 0.6) is 0 Å². The van der Waals surface area contributed by atoms with E-state index in [0.717, 1.165) is 11.4 Å². The predicted molar refractivity (Wildman–Crippen MR) is 49.4 cm³/mol. The van der Waals surface area contributed by atoms with E-state index in [0.29, 0.717) is 0 Å². The summed E-state index contributed by atoms with van der Waals surface area (Å²) in [5.41, 5.74) is 1.73. The second-order valence-electron chi connectivity index (χ2n) is 4.07. The second-order valence-corrected chi connectivity index (χ2v) is 4.07. The average Bonchev–Trinajstić information content (AvgIpc) is 2.47. The van der Waals surface area contributed by atoms with Crippen molar-refractivity contribution >= 4 is 0 Å². The fraction of sp³-hybridized carbons (Fsp3) is 0.444. The molecule has 2 aliphatic heterocycles. The van der Waals surface area contributed by atoms with Crippen LogP contribution in [0.3, 0.4) is 0 Å². The quantitative estimate of drug-likeness (QED) is 0.611. The fourth-order valence-electron chi connectivity index (χ4n) is 1.11. The van der Waals surface area contributed by atoms with Crippen LogP contribution < -0.4 is 0 Å². The van der Waals surface area contributed by atoms with E-state index in [4.69, 9.17) is 0 Å². The van der Waals surface area contributed by atoms with Crippen molar-refractivity contribution < 1.29 is 0 Å². The van der Waals surface area contributed by atoms with Crippen molar-refractivity contribution in [1.82, 2.24) is 19.7 Å². The molecule has 4 heteroatoms. The molecule has 13 heavy (non-hydrogen) atoms. The molecular formula is C9H12N4. The highest BCUT2D eigenvalue weighted by Crippen LogP contribution is 2.18. The van der Waals surface area contributed by atoms with Crippen LogP contribution in [0.2, 0.25) is 0 Å². The zero-order valence-electron chi connectivity index (χ0n) is 8.02. The third-order valence-corrected chi connectivity index (χ3v) is 1.97. The third kappa shape index (κ3) is 1.39. The summed E-state index contributed by atoms with van der Waals surface area (Å²) in [5.74, 6) is 0. The van der Waals surface area contributed by atoms with Crippen molar-refractivity contribution in [2.24, 2.45) is 0 Å². The third-order valence-electron chi connectivity index (χ3n) is 1.97. The maximum absolute atomic E-state index is 4.25. The minimum atomic E-state index is 0.0418. The molecule has 0 saturated carbocycles. The van der Waals surface area contributed by atoms with Gasteiger partial charge in [0.25, 0.3) is 0 Å². The van der Waals surface area contributed by atoms with Crippen LogP contribution in [0.4, 0.5) is 0 Å². The fourth-order valence-corrected chi connectivity index (χ4v) is 1.11. The molecule has 4 nitrogen and oxygen atoms in total. The van der Waals surface area contributed by atoms with Gasteiger partial charge in [-0.1, -0.05) is 0 Å². The topological polar surface area (TPSA) is 43.6 Å². The smallest absolute Gasteiger partial charge is 0.129 e. The van der Waals surface area contributed by atoms with Crippen molar-refractivity contribution in [3.05, 3.63) is 18.7 Å². The Hall–Kier alpha value is -1.45. The number of fused-ring (bicyclic) bond motifs is 1. The molecule has 0 bridgehead atoms. The Morgan fingerprint density at radius 2 is 2.00 bits per heavy atom. The van der Waals surface area contributed by atoms with E-state index in [9.17, 15) is 0 Å². The highest BCUT2D eigenvalue weighted by molar-refractivity contribution is 5.51. The molecule has 2 aliphatic rings. The summed E-state index contributed by atoms with van der Waals surface area (Å²) in [6.45, 7) is 6.37. The van der Waals surface area contributed by atoms with Crippen LogP contribution in [0.25, 0.3) is 11.4 Å². The maximum Gasteiger partial charge on any atom is 0.129 e. The molecule has 0 aromatic carbocycles. The average molecular weight is 176 g/mol. The molecule has 0 spiro atoms. The van der Waals surface area contributed by atoms with Gasteiger partial charge in [-0.15, -0.1) is 5.10 Å². The van der Waals surface area contributed by atoms with Gasteiger partial charge in [-0.05, 0) is 20.8 Å². The minimum absolute atomic E-state index is 0.0418. The number of hydrogen-bond donors (Lipinski definition) is 0. The van der Waals surface area contributed by atoms with Gasteiger partial charge in [-0.25, -0.2) is 4.98 Å². The summed E-state index contributed by atoms with van der Waals surface area (Å²) in [4.78, 5) is 4.25. The van der Waals surface area contributed by atoms with E-state index in [1.807, 2.05) is 17.1 Å². The molecule has 0 radical (unpaired) electrons. The van der Waals surface area contributed by atoms with E-state index < -0.39 is 0 Å². The first-order chi connectivity index (χ1) is 6.07. The van der Waals surface area contributed by atoms with E-state index >= 15 is 0 Å². The lowest BCUT2D eigenvalue weighted by atomic mass is 10.1. The molecule has 0 atom stereocenters. The van der Waals surface area contributed by atoms with Gasteiger partial charge in [0, 0.05) is 11.7 Å². The molecule has 2 rings (SSSR count). The van der Waals surface area contributed by atoms with Crippen molar-refractivity contribution in [3.8, 4) is 11.4 Å². The normalized spacial score (nSPS) is 12.2. The van der Waals surface area contributed by atoms with Crippen molar-refractivity contribution in [1.29, 1.82) is 0 Å². The number of hydrogen-bond acceptors (Lipinski definition) is 3. The molecule has 0 saturated heterocycles. The van der Waals surface area contributed by atoms with Gasteiger partial charge < -0.3 is 4.57 Å². The second kappa shape index (κ2) is 2.52. The Kier molecular flexibility index (Phi) is 1.58. The summed E-state index contributed by atoms with van der Waals surface area (Å²) in [5, 5.41) is 7.76. The van der Waals surface area contributed by atoms with E-state index in [-0.39, 0.29) is 5.54 Å². The lowest BCUT2D eigenvalue weighted by Crippen LogP contribution is -2.22. The Morgan fingerprint density at radius 3 is 2.69 bits per heavy atom. The van der Waals surface area contributed by atoms with Gasteiger partial charge in [0.05, 0.1) is 12.5 Å². The van der Waals surface area contributed by atoms with Crippen LogP contribution in [-0.2, 0) is 5.54 Å². The molecule has 0 N–H and O–H groups in total. The van der Waals surface area contributed by atoms with Crippen molar-refractivity contribution in [2.75, 3.05) is 0 Å². The number of aromatic nitrogens is 4. The van der Waals surface area contributed by atoms with Crippen molar-refractivity contribution in [3.63, 3.8) is 0 Å². The molecule has 0 amide bonds. The van der Waals surface area contributed by atoms with E-state index in [1.54, 1.807) is 6.20 Å². The van der Waals surface area contributed by atoms with Crippen LogP contribution >= 0.6 is 0 Å². The largest absolute Gasteiger partial charge is 0.331 e. The molecule has 68 valence electrons. The zero-order chi connectivity index (χ0) is 9.47. The molecule has 0 aliphatic carbocycles. The highest BCUT2D eigenvalue weighted by Gasteiger charge is 2.14. The predicted octanol–water partition coefficient (Wildman–Crippen LogP) is 1.53. The Bertz CT molecular complexity index is 385. The van der Waals surface area contributed by atoms with Crippen LogP contribution in [0.15, 0.2) is 18.7 Å². The monoisotopic (exact) mass is 176 g/mol. The standard InChI is InChI=1S/C9H12N4/c1-9(2,3)13-5-8-7(10-6-13)4-11-12-8/h4-6H,1-3H3. The molecule has 0 aromatic heterocycles. The summed E-state index contributed by atoms with van der Waals surface area (Å²) in [6.07, 6.45) is 5.45. The Balaban J connectivity index is 2.56. The maximum atomic E-state index is 4.25. The van der Waals surface area contributed by atoms with Gasteiger partial charge >= 0.3 is 0 Å². The van der Waals surface area contributed by atoms with Gasteiger partial charge in [-0.3, -0.25) is 0 Å². The summed E-state index contributed by atoms with van der Waals surface area (Å²) < 4.78 is 2.03.